The summed E-state index contributed by atoms with van der Waals surface area (Å²) in [5, 5.41) is 1.95. The van der Waals surface area contributed by atoms with Gasteiger partial charge in [-0.2, -0.15) is 0 Å². The first kappa shape index (κ1) is 12.9. The van der Waals surface area contributed by atoms with Crippen LogP contribution in [-0.2, 0) is 0 Å². The zero-order valence-corrected chi connectivity index (χ0v) is 12.5. The zero-order valence-electron chi connectivity index (χ0n) is 10.9. The Labute approximate surface area is 125 Å². The first-order valence-corrected chi connectivity index (χ1v) is 7.01. The molecule has 2 aromatic carbocycles. The topological polar surface area (TPSA) is 48.1 Å². The summed E-state index contributed by atoms with van der Waals surface area (Å²) in [5.74, 6) is 1.29. The Morgan fingerprint density at radius 2 is 1.85 bits per heavy atom. The predicted octanol–water partition coefficient (Wildman–Crippen LogP) is 4.68. The highest BCUT2D eigenvalue weighted by atomic mass is 79.9. The average molecular weight is 329 g/mol. The number of fused-ring (bicyclic) bond motifs is 1. The molecule has 1 aromatic heterocycles. The molecule has 20 heavy (non-hydrogen) atoms. The predicted molar refractivity (Wildman–Crippen MR) is 85.1 cm³/mol. The molecule has 0 aliphatic rings. The number of nitrogen functional groups attached to an aromatic ring is 1. The van der Waals surface area contributed by atoms with Crippen LogP contribution in [0, 0.1) is 6.92 Å². The van der Waals surface area contributed by atoms with Gasteiger partial charge in [-0.15, -0.1) is 0 Å². The molecular weight excluding hydrogens is 316 g/mol. The number of nitrogens with two attached hydrogens (primary N) is 1. The van der Waals surface area contributed by atoms with Crippen LogP contribution in [-0.4, -0.2) is 4.98 Å². The number of nitrogens with zero attached hydrogens (tertiary/aromatic N) is 1. The lowest BCUT2D eigenvalue weighted by Gasteiger charge is -2.11. The Kier molecular flexibility index (Phi) is 3.32. The van der Waals surface area contributed by atoms with E-state index in [1.165, 1.54) is 0 Å². The first-order valence-electron chi connectivity index (χ1n) is 6.22. The SMILES string of the molecule is Cc1cnc(Oc2ccc(N)c3ccccc23)c(Br)c1. The lowest BCUT2D eigenvalue weighted by molar-refractivity contribution is 0.464. The van der Waals surface area contributed by atoms with Crippen molar-refractivity contribution in [2.24, 2.45) is 0 Å². The lowest BCUT2D eigenvalue weighted by Crippen LogP contribution is -1.93. The first-order chi connectivity index (χ1) is 9.65. The van der Waals surface area contributed by atoms with Gasteiger partial charge in [-0.1, -0.05) is 24.3 Å². The third-order valence-corrected chi connectivity index (χ3v) is 3.64. The minimum atomic E-state index is 0.547. The highest BCUT2D eigenvalue weighted by molar-refractivity contribution is 9.10. The van der Waals surface area contributed by atoms with Crippen LogP contribution in [0.3, 0.4) is 0 Å². The van der Waals surface area contributed by atoms with E-state index in [1.54, 1.807) is 6.20 Å². The third-order valence-electron chi connectivity index (χ3n) is 3.07. The van der Waals surface area contributed by atoms with Crippen molar-refractivity contribution in [1.82, 2.24) is 4.98 Å². The van der Waals surface area contributed by atoms with Gasteiger partial charge in [0.15, 0.2) is 0 Å². The number of anilines is 1. The summed E-state index contributed by atoms with van der Waals surface area (Å²) in [6.07, 6.45) is 1.78. The van der Waals surface area contributed by atoms with Crippen LogP contribution in [0.15, 0.2) is 53.1 Å². The molecule has 0 saturated heterocycles. The Hall–Kier alpha value is -2.07. The van der Waals surface area contributed by atoms with Crippen molar-refractivity contribution < 1.29 is 4.74 Å². The molecule has 1 heterocycles. The molecule has 0 atom stereocenters. The number of pyridine rings is 1. The molecule has 100 valence electrons. The van der Waals surface area contributed by atoms with Gasteiger partial charge >= 0.3 is 0 Å². The monoisotopic (exact) mass is 328 g/mol. The summed E-state index contributed by atoms with van der Waals surface area (Å²) in [5.41, 5.74) is 7.80. The van der Waals surface area contributed by atoms with Gasteiger partial charge in [-0.25, -0.2) is 4.98 Å². The molecule has 0 aliphatic heterocycles. The second kappa shape index (κ2) is 5.13. The molecule has 2 N–H and O–H groups in total. The smallest absolute Gasteiger partial charge is 0.233 e. The van der Waals surface area contributed by atoms with Crippen molar-refractivity contribution in [3.05, 3.63) is 58.7 Å². The summed E-state index contributed by atoms with van der Waals surface area (Å²) < 4.78 is 6.75. The van der Waals surface area contributed by atoms with Gasteiger partial charge in [0.25, 0.3) is 0 Å². The molecule has 0 saturated carbocycles. The van der Waals surface area contributed by atoms with Gasteiger partial charge in [-0.3, -0.25) is 0 Å². The largest absolute Gasteiger partial charge is 0.437 e. The van der Waals surface area contributed by atoms with E-state index in [4.69, 9.17) is 10.5 Å². The molecule has 3 nitrogen and oxygen atoms in total. The van der Waals surface area contributed by atoms with E-state index in [0.29, 0.717) is 5.88 Å². The van der Waals surface area contributed by atoms with Gasteiger partial charge < -0.3 is 10.5 Å². The van der Waals surface area contributed by atoms with Crippen LogP contribution in [0.1, 0.15) is 5.56 Å². The second-order valence-electron chi connectivity index (χ2n) is 4.60. The van der Waals surface area contributed by atoms with Crippen molar-refractivity contribution in [3.63, 3.8) is 0 Å². The summed E-state index contributed by atoms with van der Waals surface area (Å²) in [7, 11) is 0. The van der Waals surface area contributed by atoms with E-state index in [9.17, 15) is 0 Å². The Balaban J connectivity index is 2.09. The van der Waals surface area contributed by atoms with E-state index in [2.05, 4.69) is 20.9 Å². The number of aromatic nitrogens is 1. The second-order valence-corrected chi connectivity index (χ2v) is 5.45. The molecule has 0 unspecified atom stereocenters. The molecule has 0 spiro atoms. The molecular formula is C16H13BrN2O. The zero-order chi connectivity index (χ0) is 14.1. The van der Waals surface area contributed by atoms with Crippen molar-refractivity contribution in [3.8, 4) is 11.6 Å². The summed E-state index contributed by atoms with van der Waals surface area (Å²) in [6, 6.07) is 13.6. The number of rotatable bonds is 2. The number of hydrogen-bond donors (Lipinski definition) is 1. The van der Waals surface area contributed by atoms with Crippen LogP contribution < -0.4 is 10.5 Å². The molecule has 0 aliphatic carbocycles. The van der Waals surface area contributed by atoms with Gasteiger partial charge in [0.1, 0.15) is 5.75 Å². The quantitative estimate of drug-likeness (QED) is 0.695. The van der Waals surface area contributed by atoms with E-state index in [1.807, 2.05) is 49.4 Å². The highest BCUT2D eigenvalue weighted by Crippen LogP contribution is 2.34. The maximum absolute atomic E-state index is 5.99. The number of hydrogen-bond acceptors (Lipinski definition) is 3. The molecule has 0 radical (unpaired) electrons. The number of ether oxygens (including phenoxy) is 1. The minimum Gasteiger partial charge on any atom is -0.437 e. The van der Waals surface area contributed by atoms with E-state index < -0.39 is 0 Å². The highest BCUT2D eigenvalue weighted by Gasteiger charge is 2.09. The molecule has 0 fully saturated rings. The Bertz CT molecular complexity index is 787. The van der Waals surface area contributed by atoms with Gasteiger partial charge in [0.2, 0.25) is 5.88 Å². The summed E-state index contributed by atoms with van der Waals surface area (Å²) >= 11 is 3.47. The third kappa shape index (κ3) is 2.34. The van der Waals surface area contributed by atoms with Crippen molar-refractivity contribution >= 4 is 32.4 Å². The van der Waals surface area contributed by atoms with Crippen LogP contribution >= 0.6 is 15.9 Å². The average Bonchev–Trinajstić information content (AvgIpc) is 2.45. The molecule has 3 aromatic rings. The molecule has 4 heteroatoms. The Morgan fingerprint density at radius 1 is 1.10 bits per heavy atom. The summed E-state index contributed by atoms with van der Waals surface area (Å²) in [4.78, 5) is 4.30. The molecule has 0 bridgehead atoms. The van der Waals surface area contributed by atoms with Crippen molar-refractivity contribution in [1.29, 1.82) is 0 Å². The fourth-order valence-electron chi connectivity index (χ4n) is 2.08. The number of halogens is 1. The molecule has 0 amide bonds. The van der Waals surface area contributed by atoms with Crippen molar-refractivity contribution in [2.45, 2.75) is 6.92 Å². The maximum Gasteiger partial charge on any atom is 0.233 e. The fourth-order valence-corrected chi connectivity index (χ4v) is 2.63. The van der Waals surface area contributed by atoms with E-state index in [-0.39, 0.29) is 0 Å². The van der Waals surface area contributed by atoms with E-state index >= 15 is 0 Å². The Morgan fingerprint density at radius 3 is 2.60 bits per heavy atom. The number of aryl methyl sites for hydroxylation is 1. The van der Waals surface area contributed by atoms with Gasteiger partial charge in [0, 0.05) is 22.7 Å². The fraction of sp³-hybridized carbons (Fsp3) is 0.0625. The van der Waals surface area contributed by atoms with Gasteiger partial charge in [-0.05, 0) is 46.6 Å². The standard InChI is InChI=1S/C16H13BrN2O/c1-10-8-13(17)16(19-9-10)20-15-7-6-14(18)11-4-2-3-5-12(11)15/h2-9H,18H2,1H3. The van der Waals surface area contributed by atoms with Crippen LogP contribution in [0.4, 0.5) is 5.69 Å². The lowest BCUT2D eigenvalue weighted by atomic mass is 10.1. The summed E-state index contributed by atoms with van der Waals surface area (Å²) in [6.45, 7) is 1.99. The maximum atomic E-state index is 5.99. The van der Waals surface area contributed by atoms with E-state index in [0.717, 1.165) is 32.2 Å². The van der Waals surface area contributed by atoms with Crippen LogP contribution in [0.2, 0.25) is 0 Å². The van der Waals surface area contributed by atoms with Crippen LogP contribution in [0.5, 0.6) is 11.6 Å². The van der Waals surface area contributed by atoms with Gasteiger partial charge in [0.05, 0.1) is 4.47 Å². The minimum absolute atomic E-state index is 0.547. The molecule has 3 rings (SSSR count). The normalized spacial score (nSPS) is 10.7. The van der Waals surface area contributed by atoms with Crippen LogP contribution in [0.25, 0.3) is 10.8 Å². The van der Waals surface area contributed by atoms with Crippen molar-refractivity contribution in [2.75, 3.05) is 5.73 Å². The number of benzene rings is 2.